The largest absolute Gasteiger partial charge is 0.353 e. The Morgan fingerprint density at radius 1 is 1.30 bits per heavy atom. The summed E-state index contributed by atoms with van der Waals surface area (Å²) in [6, 6.07) is 4.00. The molecule has 1 aromatic rings. The molecule has 2 fully saturated rings. The molecular formula is C18H26N2O2S. The Kier molecular flexibility index (Phi) is 4.50. The van der Waals surface area contributed by atoms with E-state index in [9.17, 15) is 9.59 Å². The van der Waals surface area contributed by atoms with Gasteiger partial charge in [0.05, 0.1) is 10.8 Å². The van der Waals surface area contributed by atoms with E-state index in [1.54, 1.807) is 4.90 Å². The van der Waals surface area contributed by atoms with Crippen molar-refractivity contribution >= 4 is 23.2 Å². The fourth-order valence-electron chi connectivity index (χ4n) is 4.14. The molecule has 3 rings (SSSR count). The topological polar surface area (TPSA) is 49.4 Å². The van der Waals surface area contributed by atoms with Gasteiger partial charge in [0.2, 0.25) is 5.91 Å². The van der Waals surface area contributed by atoms with Gasteiger partial charge < -0.3 is 10.2 Å². The van der Waals surface area contributed by atoms with Crippen LogP contribution in [0.5, 0.6) is 0 Å². The van der Waals surface area contributed by atoms with Crippen LogP contribution in [0.1, 0.15) is 49.7 Å². The van der Waals surface area contributed by atoms with Crippen molar-refractivity contribution in [2.24, 2.45) is 17.3 Å². The number of likely N-dealkylation sites (tertiary alicyclic amines) is 1. The SMILES string of the molecule is CC1CC(NC(=O)C2CN(C(=O)c3cccs3)C2)CC(C)(C)C1. The first kappa shape index (κ1) is 16.5. The highest BCUT2D eigenvalue weighted by molar-refractivity contribution is 7.12. The molecule has 1 saturated heterocycles. The quantitative estimate of drug-likeness (QED) is 0.923. The smallest absolute Gasteiger partial charge is 0.263 e. The van der Waals surface area contributed by atoms with Crippen LogP contribution in [0.15, 0.2) is 17.5 Å². The van der Waals surface area contributed by atoms with Gasteiger partial charge in [0.15, 0.2) is 0 Å². The first-order valence-corrected chi connectivity index (χ1v) is 9.35. The molecule has 4 nitrogen and oxygen atoms in total. The number of nitrogens with one attached hydrogen (secondary N) is 1. The molecule has 126 valence electrons. The maximum Gasteiger partial charge on any atom is 0.263 e. The van der Waals surface area contributed by atoms with E-state index >= 15 is 0 Å². The third kappa shape index (κ3) is 3.77. The summed E-state index contributed by atoms with van der Waals surface area (Å²) in [6.45, 7) is 7.94. The van der Waals surface area contributed by atoms with Gasteiger partial charge in [0.25, 0.3) is 5.91 Å². The molecule has 2 amide bonds. The Labute approximate surface area is 142 Å². The van der Waals surface area contributed by atoms with Crippen LogP contribution in [0.2, 0.25) is 0 Å². The molecule has 5 heteroatoms. The number of nitrogens with zero attached hydrogens (tertiary/aromatic N) is 1. The predicted octanol–water partition coefficient (Wildman–Crippen LogP) is 3.15. The maximum absolute atomic E-state index is 12.4. The molecule has 2 unspecified atom stereocenters. The normalized spacial score (nSPS) is 27.3. The number of amides is 2. The fraction of sp³-hybridized carbons (Fsp3) is 0.667. The summed E-state index contributed by atoms with van der Waals surface area (Å²) in [6.07, 6.45) is 3.35. The van der Waals surface area contributed by atoms with E-state index in [2.05, 4.69) is 26.1 Å². The van der Waals surface area contributed by atoms with Crippen LogP contribution in [0.4, 0.5) is 0 Å². The molecule has 1 N–H and O–H groups in total. The molecule has 0 spiro atoms. The number of hydrogen-bond acceptors (Lipinski definition) is 3. The molecular weight excluding hydrogens is 308 g/mol. The second-order valence-electron chi connectivity index (χ2n) is 8.00. The lowest BCUT2D eigenvalue weighted by Gasteiger charge is -2.42. The number of hydrogen-bond donors (Lipinski definition) is 1. The van der Waals surface area contributed by atoms with E-state index < -0.39 is 0 Å². The average Bonchev–Trinajstić information content (AvgIpc) is 2.87. The van der Waals surface area contributed by atoms with E-state index in [-0.39, 0.29) is 23.8 Å². The summed E-state index contributed by atoms with van der Waals surface area (Å²) < 4.78 is 0. The third-order valence-corrected chi connectivity index (χ3v) is 5.86. The van der Waals surface area contributed by atoms with Gasteiger partial charge in [-0.15, -0.1) is 11.3 Å². The highest BCUT2D eigenvalue weighted by atomic mass is 32.1. The summed E-state index contributed by atoms with van der Waals surface area (Å²) >= 11 is 1.45. The number of rotatable bonds is 3. The second kappa shape index (κ2) is 6.27. The molecule has 0 radical (unpaired) electrons. The van der Waals surface area contributed by atoms with Crippen LogP contribution in [0, 0.1) is 17.3 Å². The zero-order chi connectivity index (χ0) is 16.6. The first-order valence-electron chi connectivity index (χ1n) is 8.47. The fourth-order valence-corrected chi connectivity index (χ4v) is 4.83. The summed E-state index contributed by atoms with van der Waals surface area (Å²) in [4.78, 5) is 27.1. The lowest BCUT2D eigenvalue weighted by Crippen LogP contribution is -2.57. The monoisotopic (exact) mass is 334 g/mol. The highest BCUT2D eigenvalue weighted by Crippen LogP contribution is 2.38. The number of thiophene rings is 1. The lowest BCUT2D eigenvalue weighted by atomic mass is 9.70. The minimum absolute atomic E-state index is 0.0424. The Bertz CT molecular complexity index is 576. The van der Waals surface area contributed by atoms with Crippen LogP contribution < -0.4 is 5.32 Å². The van der Waals surface area contributed by atoms with E-state index in [0.717, 1.165) is 17.7 Å². The minimum atomic E-state index is -0.0424. The minimum Gasteiger partial charge on any atom is -0.353 e. The lowest BCUT2D eigenvalue weighted by molar-refractivity contribution is -0.130. The molecule has 2 aliphatic rings. The van der Waals surface area contributed by atoms with Crippen molar-refractivity contribution in [2.45, 2.75) is 46.1 Å². The summed E-state index contributed by atoms with van der Waals surface area (Å²) in [5.74, 6) is 0.785. The van der Waals surface area contributed by atoms with Gasteiger partial charge in [-0.1, -0.05) is 26.8 Å². The van der Waals surface area contributed by atoms with Crippen LogP contribution in [0.3, 0.4) is 0 Å². The molecule has 1 aliphatic heterocycles. The Hall–Kier alpha value is -1.36. The zero-order valence-corrected chi connectivity index (χ0v) is 15.0. The highest BCUT2D eigenvalue weighted by Gasteiger charge is 2.39. The molecule has 1 saturated carbocycles. The third-order valence-electron chi connectivity index (χ3n) is 5.00. The van der Waals surface area contributed by atoms with Gasteiger partial charge in [0.1, 0.15) is 0 Å². The maximum atomic E-state index is 12.4. The molecule has 1 aromatic heterocycles. The van der Waals surface area contributed by atoms with Crippen LogP contribution in [-0.2, 0) is 4.79 Å². The van der Waals surface area contributed by atoms with E-state index in [4.69, 9.17) is 0 Å². The van der Waals surface area contributed by atoms with Crippen molar-refractivity contribution in [2.75, 3.05) is 13.1 Å². The second-order valence-corrected chi connectivity index (χ2v) is 8.95. The van der Waals surface area contributed by atoms with Gasteiger partial charge in [-0.25, -0.2) is 0 Å². The van der Waals surface area contributed by atoms with Gasteiger partial charge in [0, 0.05) is 19.1 Å². The Balaban J connectivity index is 1.48. The van der Waals surface area contributed by atoms with Crippen LogP contribution in [-0.4, -0.2) is 35.8 Å². The van der Waals surface area contributed by atoms with Gasteiger partial charge >= 0.3 is 0 Å². The Morgan fingerprint density at radius 2 is 2.04 bits per heavy atom. The van der Waals surface area contributed by atoms with Gasteiger partial charge in [-0.05, 0) is 42.0 Å². The Morgan fingerprint density at radius 3 is 2.65 bits per heavy atom. The standard InChI is InChI=1S/C18H26N2O2S/c1-12-7-14(9-18(2,3)8-12)19-16(21)13-10-20(11-13)17(22)15-5-4-6-23-15/h4-6,12-14H,7-11H2,1-3H3,(H,19,21). The number of carbonyl (C=O) groups excluding carboxylic acids is 2. The number of carbonyl (C=O) groups is 2. The van der Waals surface area contributed by atoms with Crippen molar-refractivity contribution in [1.29, 1.82) is 0 Å². The molecule has 0 bridgehead atoms. The van der Waals surface area contributed by atoms with E-state index in [1.165, 1.54) is 17.8 Å². The van der Waals surface area contributed by atoms with E-state index in [1.807, 2.05) is 17.5 Å². The van der Waals surface area contributed by atoms with Crippen molar-refractivity contribution in [3.63, 3.8) is 0 Å². The average molecular weight is 334 g/mol. The van der Waals surface area contributed by atoms with Crippen molar-refractivity contribution in [1.82, 2.24) is 10.2 Å². The van der Waals surface area contributed by atoms with E-state index in [0.29, 0.717) is 24.4 Å². The van der Waals surface area contributed by atoms with Crippen molar-refractivity contribution < 1.29 is 9.59 Å². The summed E-state index contributed by atoms with van der Waals surface area (Å²) in [5, 5.41) is 5.13. The first-order chi connectivity index (χ1) is 10.8. The van der Waals surface area contributed by atoms with Crippen molar-refractivity contribution in [3.05, 3.63) is 22.4 Å². The van der Waals surface area contributed by atoms with Gasteiger partial charge in [-0.3, -0.25) is 9.59 Å². The summed E-state index contributed by atoms with van der Waals surface area (Å²) in [5.41, 5.74) is 0.302. The van der Waals surface area contributed by atoms with Crippen LogP contribution >= 0.6 is 11.3 Å². The molecule has 2 atom stereocenters. The molecule has 23 heavy (non-hydrogen) atoms. The van der Waals surface area contributed by atoms with Crippen LogP contribution in [0.25, 0.3) is 0 Å². The zero-order valence-electron chi connectivity index (χ0n) is 14.2. The molecule has 2 heterocycles. The summed E-state index contributed by atoms with van der Waals surface area (Å²) in [7, 11) is 0. The molecule has 1 aliphatic carbocycles. The molecule has 0 aromatic carbocycles. The predicted molar refractivity (Wildman–Crippen MR) is 92.4 cm³/mol. The van der Waals surface area contributed by atoms with Gasteiger partial charge in [-0.2, -0.15) is 0 Å². The van der Waals surface area contributed by atoms with Crippen molar-refractivity contribution in [3.8, 4) is 0 Å².